The topological polar surface area (TPSA) is 6.48 Å². The maximum Gasteiger partial charge on any atom is 0.128 e. The molecule has 2 nitrogen and oxygen atoms in total. The number of alkyl halides is 1. The Morgan fingerprint density at radius 3 is 2.20 bits per heavy atom. The van der Waals surface area contributed by atoms with Gasteiger partial charge in [-0.15, -0.1) is 0 Å². The predicted molar refractivity (Wildman–Crippen MR) is 63.0 cm³/mol. The van der Waals surface area contributed by atoms with E-state index in [9.17, 15) is 4.39 Å². The summed E-state index contributed by atoms with van der Waals surface area (Å²) in [5.74, 6) is 0. The Kier molecular flexibility index (Phi) is 5.54. The fraction of sp³-hybridized carbons (Fsp3) is 1.00. The van der Waals surface area contributed by atoms with Gasteiger partial charge in [0, 0.05) is 12.6 Å². The van der Waals surface area contributed by atoms with Crippen molar-refractivity contribution in [2.24, 2.45) is 0 Å². The molecule has 0 aromatic rings. The number of hydrogen-bond acceptors (Lipinski definition) is 2. The van der Waals surface area contributed by atoms with Crippen LogP contribution in [-0.4, -0.2) is 55.2 Å². The number of hydrogen-bond donors (Lipinski definition) is 0. The van der Waals surface area contributed by atoms with Crippen molar-refractivity contribution in [3.05, 3.63) is 0 Å². The number of likely N-dealkylation sites (tertiary alicyclic amines) is 2. The van der Waals surface area contributed by atoms with Gasteiger partial charge in [0.05, 0.1) is 0 Å². The van der Waals surface area contributed by atoms with Crippen LogP contribution in [0.5, 0.6) is 0 Å². The molecule has 0 spiro atoms. The Morgan fingerprint density at radius 1 is 1.07 bits per heavy atom. The van der Waals surface area contributed by atoms with Crippen molar-refractivity contribution in [3.63, 3.8) is 0 Å². The van der Waals surface area contributed by atoms with Gasteiger partial charge < -0.3 is 4.90 Å². The van der Waals surface area contributed by atoms with E-state index in [1.807, 2.05) is 20.9 Å². The number of rotatable bonds is 1. The van der Waals surface area contributed by atoms with Crippen LogP contribution in [0.2, 0.25) is 0 Å². The molecule has 2 heterocycles. The van der Waals surface area contributed by atoms with Crippen LogP contribution in [-0.2, 0) is 0 Å². The highest BCUT2D eigenvalue weighted by Gasteiger charge is 2.33. The second-order valence-electron chi connectivity index (χ2n) is 4.38. The Balaban J connectivity index is 0.000000531. The largest absolute Gasteiger partial charge is 0.303 e. The smallest absolute Gasteiger partial charge is 0.128 e. The number of nitrogens with zero attached hydrogens (tertiary/aromatic N) is 2. The zero-order valence-electron chi connectivity index (χ0n) is 10.4. The normalized spacial score (nSPS) is 33.6. The molecule has 2 saturated heterocycles. The Morgan fingerprint density at radius 2 is 1.67 bits per heavy atom. The molecule has 2 rings (SSSR count). The third-order valence-corrected chi connectivity index (χ3v) is 3.32. The molecular formula is C12H25FN2. The first-order valence-corrected chi connectivity index (χ1v) is 6.34. The third kappa shape index (κ3) is 3.42. The summed E-state index contributed by atoms with van der Waals surface area (Å²) in [6, 6.07) is 0.221. The molecule has 0 aromatic carbocycles. The van der Waals surface area contributed by atoms with Gasteiger partial charge in [0.2, 0.25) is 0 Å². The second kappa shape index (κ2) is 6.44. The first-order valence-electron chi connectivity index (χ1n) is 6.34. The van der Waals surface area contributed by atoms with Gasteiger partial charge in [-0.3, -0.25) is 4.90 Å². The van der Waals surface area contributed by atoms with E-state index in [1.54, 1.807) is 0 Å². The lowest BCUT2D eigenvalue weighted by Gasteiger charge is -2.37. The Hall–Kier alpha value is -0.150. The maximum atomic E-state index is 13.7. The monoisotopic (exact) mass is 216 g/mol. The zero-order valence-corrected chi connectivity index (χ0v) is 10.4. The Labute approximate surface area is 93.4 Å². The molecule has 2 aliphatic rings. The Bertz CT molecular complexity index is 169. The molecule has 2 unspecified atom stereocenters. The van der Waals surface area contributed by atoms with E-state index < -0.39 is 6.17 Å². The number of piperidine rings is 1. The van der Waals surface area contributed by atoms with E-state index in [1.165, 1.54) is 12.8 Å². The molecule has 0 saturated carbocycles. The van der Waals surface area contributed by atoms with Gasteiger partial charge in [-0.05, 0) is 45.9 Å². The standard InChI is InChI=1S/C10H19FN2.C2H6/c1-12-7-4-10(9(11)8-12)13-5-2-3-6-13;1-2/h9-10H,2-8H2,1H3;1-2H3. The summed E-state index contributed by atoms with van der Waals surface area (Å²) in [6.07, 6.45) is 2.91. The van der Waals surface area contributed by atoms with Crippen LogP contribution >= 0.6 is 0 Å². The molecule has 2 fully saturated rings. The SMILES string of the molecule is CC.CN1CCC(N2CCCC2)C(F)C1. The quantitative estimate of drug-likeness (QED) is 0.662. The zero-order chi connectivity index (χ0) is 11.3. The summed E-state index contributed by atoms with van der Waals surface area (Å²) in [4.78, 5) is 4.44. The fourth-order valence-electron chi connectivity index (χ4n) is 2.53. The van der Waals surface area contributed by atoms with Gasteiger partial charge in [-0.25, -0.2) is 4.39 Å². The van der Waals surface area contributed by atoms with Crippen LogP contribution < -0.4 is 0 Å². The molecule has 0 amide bonds. The number of halogens is 1. The van der Waals surface area contributed by atoms with Gasteiger partial charge in [0.15, 0.2) is 0 Å². The summed E-state index contributed by atoms with van der Waals surface area (Å²) in [7, 11) is 2.01. The van der Waals surface area contributed by atoms with Gasteiger partial charge in [0.1, 0.15) is 6.17 Å². The lowest BCUT2D eigenvalue weighted by molar-refractivity contribution is 0.0568. The van der Waals surface area contributed by atoms with Crippen LogP contribution in [0.25, 0.3) is 0 Å². The summed E-state index contributed by atoms with van der Waals surface area (Å²) < 4.78 is 13.7. The molecule has 3 heteroatoms. The minimum Gasteiger partial charge on any atom is -0.303 e. The maximum absolute atomic E-state index is 13.7. The van der Waals surface area contributed by atoms with E-state index in [4.69, 9.17) is 0 Å². The summed E-state index contributed by atoms with van der Waals surface area (Å²) in [6.45, 7) is 7.92. The molecule has 0 radical (unpaired) electrons. The summed E-state index contributed by atoms with van der Waals surface area (Å²) >= 11 is 0. The van der Waals surface area contributed by atoms with Crippen molar-refractivity contribution < 1.29 is 4.39 Å². The van der Waals surface area contributed by atoms with Crippen molar-refractivity contribution in [1.82, 2.24) is 9.80 Å². The highest BCUT2D eigenvalue weighted by atomic mass is 19.1. The van der Waals surface area contributed by atoms with Crippen LogP contribution in [0.4, 0.5) is 4.39 Å². The second-order valence-corrected chi connectivity index (χ2v) is 4.38. The minimum atomic E-state index is -0.628. The molecular weight excluding hydrogens is 191 g/mol. The van der Waals surface area contributed by atoms with Crippen LogP contribution in [0.15, 0.2) is 0 Å². The molecule has 0 aliphatic carbocycles. The predicted octanol–water partition coefficient (Wildman–Crippen LogP) is 2.15. The average molecular weight is 216 g/mol. The average Bonchev–Trinajstić information content (AvgIpc) is 2.74. The molecule has 90 valence electrons. The lowest BCUT2D eigenvalue weighted by Crippen LogP contribution is -2.50. The van der Waals surface area contributed by atoms with E-state index in [0.29, 0.717) is 6.54 Å². The van der Waals surface area contributed by atoms with Gasteiger partial charge in [0.25, 0.3) is 0 Å². The highest BCUT2D eigenvalue weighted by molar-refractivity contribution is 4.88. The van der Waals surface area contributed by atoms with Crippen molar-refractivity contribution in [2.75, 3.05) is 33.2 Å². The van der Waals surface area contributed by atoms with E-state index in [2.05, 4.69) is 9.80 Å². The molecule has 15 heavy (non-hydrogen) atoms. The van der Waals surface area contributed by atoms with E-state index >= 15 is 0 Å². The molecule has 0 N–H and O–H groups in total. The minimum absolute atomic E-state index is 0.221. The first kappa shape index (κ1) is 12.9. The van der Waals surface area contributed by atoms with Crippen molar-refractivity contribution >= 4 is 0 Å². The highest BCUT2D eigenvalue weighted by Crippen LogP contribution is 2.22. The van der Waals surface area contributed by atoms with Crippen LogP contribution in [0.1, 0.15) is 33.1 Å². The van der Waals surface area contributed by atoms with E-state index in [-0.39, 0.29) is 6.04 Å². The molecule has 0 aromatic heterocycles. The van der Waals surface area contributed by atoms with Gasteiger partial charge >= 0.3 is 0 Å². The summed E-state index contributed by atoms with van der Waals surface area (Å²) in [5.41, 5.74) is 0. The molecule has 2 aliphatic heterocycles. The van der Waals surface area contributed by atoms with Gasteiger partial charge in [-0.2, -0.15) is 0 Å². The fourth-order valence-corrected chi connectivity index (χ4v) is 2.53. The van der Waals surface area contributed by atoms with E-state index in [0.717, 1.165) is 26.1 Å². The van der Waals surface area contributed by atoms with Crippen molar-refractivity contribution in [3.8, 4) is 0 Å². The molecule has 0 bridgehead atoms. The van der Waals surface area contributed by atoms with Gasteiger partial charge in [-0.1, -0.05) is 13.8 Å². The first-order chi connectivity index (χ1) is 7.27. The van der Waals surface area contributed by atoms with Crippen molar-refractivity contribution in [2.45, 2.75) is 45.3 Å². The van der Waals surface area contributed by atoms with Crippen LogP contribution in [0.3, 0.4) is 0 Å². The molecule has 2 atom stereocenters. The lowest BCUT2D eigenvalue weighted by atomic mass is 10.0. The summed E-state index contributed by atoms with van der Waals surface area (Å²) in [5, 5.41) is 0. The van der Waals surface area contributed by atoms with Crippen molar-refractivity contribution in [1.29, 1.82) is 0 Å². The third-order valence-electron chi connectivity index (χ3n) is 3.32. The van der Waals surface area contributed by atoms with Crippen LogP contribution in [0, 0.1) is 0 Å².